The monoisotopic (exact) mass is 483 g/mol. The van der Waals surface area contributed by atoms with E-state index in [1.807, 2.05) is 6.07 Å². The number of hydrogen-bond acceptors (Lipinski definition) is 8. The van der Waals surface area contributed by atoms with Crippen LogP contribution in [0.25, 0.3) is 10.2 Å². The molecule has 174 valence electrons. The van der Waals surface area contributed by atoms with E-state index in [9.17, 15) is 18.0 Å². The highest BCUT2D eigenvalue weighted by Crippen LogP contribution is 2.35. The van der Waals surface area contributed by atoms with Crippen LogP contribution in [0.3, 0.4) is 0 Å². The van der Waals surface area contributed by atoms with Crippen LogP contribution in [0.4, 0.5) is 0 Å². The van der Waals surface area contributed by atoms with Gasteiger partial charge in [-0.15, -0.1) is 0 Å². The van der Waals surface area contributed by atoms with E-state index >= 15 is 0 Å². The summed E-state index contributed by atoms with van der Waals surface area (Å²) >= 11 is 1.28. The maximum Gasteiger partial charge on any atom is 0.326 e. The average Bonchev–Trinajstić information content (AvgIpc) is 3.07. The van der Waals surface area contributed by atoms with Gasteiger partial charge in [0.05, 0.1) is 23.1 Å². The first-order chi connectivity index (χ1) is 15.3. The molecule has 1 aromatic heterocycles. The molecule has 0 atom stereocenters. The van der Waals surface area contributed by atoms with Gasteiger partial charge in [0.2, 0.25) is 10.0 Å². The standard InChI is InChI=1S/C20H25N3O7S2/c1-3-28-18(24)12-23-14-10-15-16(30-9-8-29-15)11-17(14)31-20(23)21-19(25)13-4-6-22(7-5-13)32(2,26)27/h10-11,13H,3-9,12H2,1-2H3. The predicted octanol–water partition coefficient (Wildman–Crippen LogP) is 1.14. The molecule has 1 amide bonds. The molecule has 2 aliphatic heterocycles. The van der Waals surface area contributed by atoms with Gasteiger partial charge in [0, 0.05) is 31.1 Å². The number of aromatic nitrogens is 1. The number of fused-ring (bicyclic) bond motifs is 2. The van der Waals surface area contributed by atoms with E-state index in [1.165, 1.54) is 21.9 Å². The first-order valence-electron chi connectivity index (χ1n) is 10.4. The molecule has 0 N–H and O–H groups in total. The molecule has 32 heavy (non-hydrogen) atoms. The normalized spacial score (nSPS) is 18.1. The van der Waals surface area contributed by atoms with Crippen molar-refractivity contribution >= 4 is 43.5 Å². The van der Waals surface area contributed by atoms with Crippen molar-refractivity contribution in [2.24, 2.45) is 10.9 Å². The molecule has 0 spiro atoms. The maximum atomic E-state index is 12.9. The highest BCUT2D eigenvalue weighted by molar-refractivity contribution is 7.88. The number of piperidine rings is 1. The lowest BCUT2D eigenvalue weighted by molar-refractivity contribution is -0.143. The minimum absolute atomic E-state index is 0.0912. The van der Waals surface area contributed by atoms with Gasteiger partial charge in [0.15, 0.2) is 16.3 Å². The van der Waals surface area contributed by atoms with E-state index in [2.05, 4.69) is 4.99 Å². The molecule has 2 aliphatic rings. The largest absolute Gasteiger partial charge is 0.486 e. The number of benzene rings is 1. The fourth-order valence-electron chi connectivity index (χ4n) is 3.80. The summed E-state index contributed by atoms with van der Waals surface area (Å²) in [6.07, 6.45) is 1.99. The van der Waals surface area contributed by atoms with Crippen LogP contribution in [0.5, 0.6) is 11.5 Å². The molecule has 1 fully saturated rings. The number of sulfonamides is 1. The van der Waals surface area contributed by atoms with E-state index < -0.39 is 16.0 Å². The van der Waals surface area contributed by atoms with Gasteiger partial charge in [-0.25, -0.2) is 12.7 Å². The summed E-state index contributed by atoms with van der Waals surface area (Å²) in [5.41, 5.74) is 0.700. The number of nitrogens with zero attached hydrogens (tertiary/aromatic N) is 3. The first-order valence-corrected chi connectivity index (χ1v) is 13.0. The van der Waals surface area contributed by atoms with E-state index in [0.29, 0.717) is 61.0 Å². The maximum absolute atomic E-state index is 12.9. The van der Waals surface area contributed by atoms with Gasteiger partial charge < -0.3 is 18.8 Å². The molecular formula is C20H25N3O7S2. The summed E-state index contributed by atoms with van der Waals surface area (Å²) in [4.78, 5) is 29.9. The smallest absolute Gasteiger partial charge is 0.326 e. The fourth-order valence-corrected chi connectivity index (χ4v) is 5.72. The Morgan fingerprint density at radius 3 is 2.47 bits per heavy atom. The SMILES string of the molecule is CCOC(=O)Cn1c(=NC(=O)C2CCN(S(C)(=O)=O)CC2)sc2cc3c(cc21)OCCO3. The topological polar surface area (TPSA) is 116 Å². The lowest BCUT2D eigenvalue weighted by Crippen LogP contribution is -2.39. The second-order valence-corrected chi connectivity index (χ2v) is 10.6. The average molecular weight is 484 g/mol. The summed E-state index contributed by atoms with van der Waals surface area (Å²) in [5, 5.41) is 0. The summed E-state index contributed by atoms with van der Waals surface area (Å²) < 4.78 is 43.7. The van der Waals surface area contributed by atoms with Gasteiger partial charge in [-0.05, 0) is 19.8 Å². The van der Waals surface area contributed by atoms with E-state index in [0.717, 1.165) is 4.70 Å². The number of carbonyl (C=O) groups excluding carboxylic acids is 2. The zero-order valence-electron chi connectivity index (χ0n) is 17.9. The van der Waals surface area contributed by atoms with Crippen LogP contribution in [-0.4, -0.2) is 68.3 Å². The Bertz CT molecular complexity index is 1210. The van der Waals surface area contributed by atoms with Crippen molar-refractivity contribution in [2.45, 2.75) is 26.3 Å². The van der Waals surface area contributed by atoms with Crippen molar-refractivity contribution in [3.8, 4) is 11.5 Å². The van der Waals surface area contributed by atoms with Crippen LogP contribution in [0.2, 0.25) is 0 Å². The predicted molar refractivity (Wildman–Crippen MR) is 117 cm³/mol. The van der Waals surface area contributed by atoms with Crippen LogP contribution >= 0.6 is 11.3 Å². The molecule has 10 nitrogen and oxygen atoms in total. The van der Waals surface area contributed by atoms with Gasteiger partial charge >= 0.3 is 5.97 Å². The lowest BCUT2D eigenvalue weighted by Gasteiger charge is -2.28. The molecule has 2 aromatic rings. The highest BCUT2D eigenvalue weighted by atomic mass is 32.2. The Morgan fingerprint density at radius 2 is 1.84 bits per heavy atom. The Labute approximate surface area is 189 Å². The van der Waals surface area contributed by atoms with Crippen LogP contribution < -0.4 is 14.3 Å². The Morgan fingerprint density at radius 1 is 1.19 bits per heavy atom. The second kappa shape index (κ2) is 9.20. The molecule has 0 radical (unpaired) electrons. The molecular weight excluding hydrogens is 458 g/mol. The molecule has 1 aromatic carbocycles. The minimum atomic E-state index is -3.27. The fraction of sp³-hybridized carbons (Fsp3) is 0.550. The third kappa shape index (κ3) is 4.81. The Balaban J connectivity index is 1.68. The van der Waals surface area contributed by atoms with Crippen molar-refractivity contribution in [3.05, 3.63) is 16.9 Å². The third-order valence-electron chi connectivity index (χ3n) is 5.42. The molecule has 0 unspecified atom stereocenters. The Hall–Kier alpha value is -2.44. The number of esters is 1. The van der Waals surface area contributed by atoms with Crippen molar-refractivity contribution < 1.29 is 32.2 Å². The number of hydrogen-bond donors (Lipinski definition) is 0. The molecule has 0 bridgehead atoms. The molecule has 0 aliphatic carbocycles. The third-order valence-corrected chi connectivity index (χ3v) is 7.76. The van der Waals surface area contributed by atoms with Crippen molar-refractivity contribution in [1.82, 2.24) is 8.87 Å². The zero-order valence-corrected chi connectivity index (χ0v) is 19.5. The molecule has 3 heterocycles. The second-order valence-electron chi connectivity index (χ2n) is 7.63. The summed E-state index contributed by atoms with van der Waals surface area (Å²) in [7, 11) is -3.27. The van der Waals surface area contributed by atoms with E-state index in [4.69, 9.17) is 14.2 Å². The van der Waals surface area contributed by atoms with Crippen molar-refractivity contribution in [3.63, 3.8) is 0 Å². The van der Waals surface area contributed by atoms with Gasteiger partial charge in [-0.2, -0.15) is 4.99 Å². The van der Waals surface area contributed by atoms with Gasteiger partial charge in [0.1, 0.15) is 19.8 Å². The molecule has 12 heteroatoms. The van der Waals surface area contributed by atoms with Gasteiger partial charge in [-0.3, -0.25) is 9.59 Å². The number of ether oxygens (including phenoxy) is 3. The van der Waals surface area contributed by atoms with Crippen LogP contribution in [0.1, 0.15) is 19.8 Å². The van der Waals surface area contributed by atoms with E-state index in [-0.39, 0.29) is 25.0 Å². The van der Waals surface area contributed by atoms with Crippen LogP contribution in [0.15, 0.2) is 17.1 Å². The molecule has 1 saturated heterocycles. The quantitative estimate of drug-likeness (QED) is 0.586. The van der Waals surface area contributed by atoms with Crippen molar-refractivity contribution in [2.75, 3.05) is 39.2 Å². The summed E-state index contributed by atoms with van der Waals surface area (Å²) in [6, 6.07) is 3.61. The van der Waals surface area contributed by atoms with Gasteiger partial charge in [0.25, 0.3) is 5.91 Å². The van der Waals surface area contributed by atoms with Crippen LogP contribution in [0, 0.1) is 5.92 Å². The molecule has 4 rings (SSSR count). The Kier molecular flexibility index (Phi) is 6.54. The number of amides is 1. The minimum Gasteiger partial charge on any atom is -0.486 e. The van der Waals surface area contributed by atoms with Crippen molar-refractivity contribution in [1.29, 1.82) is 0 Å². The summed E-state index contributed by atoms with van der Waals surface area (Å²) in [5.74, 6) is 0.0654. The zero-order chi connectivity index (χ0) is 22.9. The van der Waals surface area contributed by atoms with Crippen LogP contribution in [-0.2, 0) is 30.9 Å². The highest BCUT2D eigenvalue weighted by Gasteiger charge is 2.29. The molecule has 0 saturated carbocycles. The number of thiazole rings is 1. The number of carbonyl (C=O) groups is 2. The van der Waals surface area contributed by atoms with Gasteiger partial charge in [-0.1, -0.05) is 11.3 Å². The lowest BCUT2D eigenvalue weighted by atomic mass is 9.98. The first kappa shape index (κ1) is 22.7. The number of rotatable bonds is 5. The summed E-state index contributed by atoms with van der Waals surface area (Å²) in [6.45, 7) is 3.36. The van der Waals surface area contributed by atoms with E-state index in [1.54, 1.807) is 17.6 Å².